The van der Waals surface area contributed by atoms with Gasteiger partial charge in [-0.25, -0.2) is 0 Å². The first-order valence-corrected chi connectivity index (χ1v) is 17.9. The molecule has 6 aromatic rings. The van der Waals surface area contributed by atoms with Crippen molar-refractivity contribution in [2.24, 2.45) is 0 Å². The lowest BCUT2D eigenvalue weighted by molar-refractivity contribution is 0.101. The number of hydrogen-bond donors (Lipinski definition) is 5. The predicted molar refractivity (Wildman–Crippen MR) is 208 cm³/mol. The number of pyridine rings is 1. The van der Waals surface area contributed by atoms with Crippen molar-refractivity contribution in [3.8, 4) is 11.5 Å². The van der Waals surface area contributed by atoms with E-state index in [4.69, 9.17) is 9.47 Å². The molecule has 1 heterocycles. The van der Waals surface area contributed by atoms with Crippen LogP contribution in [0, 0.1) is 0 Å². The second kappa shape index (κ2) is 17.7. The van der Waals surface area contributed by atoms with Gasteiger partial charge in [0.1, 0.15) is 23.7 Å². The number of unbranched alkanes of at least 4 members (excludes halogenated alkanes) is 2. The van der Waals surface area contributed by atoms with Gasteiger partial charge in [0.15, 0.2) is 0 Å². The van der Waals surface area contributed by atoms with Crippen LogP contribution in [-0.2, 0) is 12.2 Å². The third-order valence-corrected chi connectivity index (χ3v) is 9.23. The minimum absolute atomic E-state index is 0.232. The SMILES string of the molecule is CC(O)(c1ccccc1)c1cccc(NC(=O)c2ccc(OCCCCCNCC(O)c3ccc(OCc4ccccc4)c4[nH]c(=O)ccc34)cc2)c1. The molecule has 2 unspecified atom stereocenters. The maximum absolute atomic E-state index is 13.0. The van der Waals surface area contributed by atoms with Crippen molar-refractivity contribution >= 4 is 22.5 Å². The Morgan fingerprint density at radius 2 is 1.53 bits per heavy atom. The summed E-state index contributed by atoms with van der Waals surface area (Å²) in [4.78, 5) is 28.0. The number of aliphatic hydroxyl groups excluding tert-OH is 1. The van der Waals surface area contributed by atoms with Crippen LogP contribution in [0.25, 0.3) is 10.9 Å². The van der Waals surface area contributed by atoms with Gasteiger partial charge in [0.05, 0.1) is 18.2 Å². The molecule has 9 heteroatoms. The van der Waals surface area contributed by atoms with Crippen LogP contribution in [0.5, 0.6) is 11.5 Å². The van der Waals surface area contributed by atoms with Crippen LogP contribution in [-0.4, -0.2) is 40.8 Å². The molecular weight excluding hydrogens is 666 g/mol. The molecule has 0 saturated heterocycles. The zero-order valence-corrected chi connectivity index (χ0v) is 29.8. The Balaban J connectivity index is 0.905. The topological polar surface area (TPSA) is 133 Å². The fourth-order valence-corrected chi connectivity index (χ4v) is 6.20. The summed E-state index contributed by atoms with van der Waals surface area (Å²) in [5, 5.41) is 29.2. The number of H-pyrrole nitrogens is 1. The highest BCUT2D eigenvalue weighted by Gasteiger charge is 2.25. The Labute approximate surface area is 309 Å². The zero-order valence-electron chi connectivity index (χ0n) is 29.8. The average molecular weight is 712 g/mol. The number of aromatic nitrogens is 1. The fourth-order valence-electron chi connectivity index (χ4n) is 6.20. The number of aromatic amines is 1. The zero-order chi connectivity index (χ0) is 37.0. The van der Waals surface area contributed by atoms with Gasteiger partial charge in [0.25, 0.3) is 5.91 Å². The molecule has 0 bridgehead atoms. The van der Waals surface area contributed by atoms with Crippen molar-refractivity contribution in [2.45, 2.75) is 44.5 Å². The quantitative estimate of drug-likeness (QED) is 0.0620. The van der Waals surface area contributed by atoms with Gasteiger partial charge in [-0.2, -0.15) is 0 Å². The maximum Gasteiger partial charge on any atom is 0.255 e. The van der Waals surface area contributed by atoms with Gasteiger partial charge in [-0.3, -0.25) is 9.59 Å². The molecule has 6 rings (SSSR count). The lowest BCUT2D eigenvalue weighted by Crippen LogP contribution is -2.23. The molecule has 1 amide bonds. The van der Waals surface area contributed by atoms with Crippen LogP contribution in [0.1, 0.15) is 64.9 Å². The number of nitrogens with one attached hydrogen (secondary N) is 3. The van der Waals surface area contributed by atoms with E-state index in [2.05, 4.69) is 15.6 Å². The molecule has 9 nitrogen and oxygen atoms in total. The van der Waals surface area contributed by atoms with Crippen LogP contribution in [0.15, 0.2) is 138 Å². The number of aliphatic hydroxyl groups is 2. The number of rotatable bonds is 17. The van der Waals surface area contributed by atoms with E-state index >= 15 is 0 Å². The monoisotopic (exact) mass is 711 g/mol. The van der Waals surface area contributed by atoms with Gasteiger partial charge in [-0.05, 0) is 104 Å². The van der Waals surface area contributed by atoms with Gasteiger partial charge in [-0.15, -0.1) is 0 Å². The van der Waals surface area contributed by atoms with E-state index in [1.54, 1.807) is 55.5 Å². The smallest absolute Gasteiger partial charge is 0.255 e. The van der Waals surface area contributed by atoms with Crippen LogP contribution in [0.3, 0.4) is 0 Å². The number of hydrogen-bond acceptors (Lipinski definition) is 7. The fraction of sp³-hybridized carbons (Fsp3) is 0.227. The maximum atomic E-state index is 13.0. The van der Waals surface area contributed by atoms with Crippen molar-refractivity contribution in [3.63, 3.8) is 0 Å². The molecule has 0 aliphatic rings. The summed E-state index contributed by atoms with van der Waals surface area (Å²) >= 11 is 0. The molecule has 5 aromatic carbocycles. The third kappa shape index (κ3) is 9.78. The number of amides is 1. The molecular formula is C44H45N3O6. The van der Waals surface area contributed by atoms with Crippen molar-refractivity contribution in [1.29, 1.82) is 0 Å². The first kappa shape index (κ1) is 37.0. The molecule has 53 heavy (non-hydrogen) atoms. The van der Waals surface area contributed by atoms with Crippen LogP contribution >= 0.6 is 0 Å². The largest absolute Gasteiger partial charge is 0.494 e. The van der Waals surface area contributed by atoms with Gasteiger partial charge >= 0.3 is 0 Å². The van der Waals surface area contributed by atoms with E-state index < -0.39 is 11.7 Å². The number of anilines is 1. The van der Waals surface area contributed by atoms with Gasteiger partial charge in [-0.1, -0.05) is 78.9 Å². The standard InChI is InChI=1S/C44H45N3O6/c1-44(51,33-14-7-3-8-15-33)34-16-11-17-35(28-34)46-43(50)32-18-20-36(21-19-32)52-27-10-4-9-26-45-29-39(48)37-22-24-40(42-38(37)23-25-41(49)47-42)53-30-31-12-5-2-6-13-31/h2-3,5-8,11-25,28,39,45,48,51H,4,9-10,26-27,29-30H2,1H3,(H,46,50)(H,47,49). The molecule has 0 saturated carbocycles. The molecule has 0 spiro atoms. The van der Waals surface area contributed by atoms with E-state index in [9.17, 15) is 19.8 Å². The molecule has 0 fully saturated rings. The Morgan fingerprint density at radius 1 is 0.792 bits per heavy atom. The number of benzene rings is 5. The summed E-state index contributed by atoms with van der Waals surface area (Å²) in [6.45, 7) is 3.76. The average Bonchev–Trinajstić information content (AvgIpc) is 3.19. The summed E-state index contributed by atoms with van der Waals surface area (Å²) in [6, 6.07) is 40.3. The Morgan fingerprint density at radius 3 is 2.30 bits per heavy atom. The lowest BCUT2D eigenvalue weighted by Gasteiger charge is -2.25. The van der Waals surface area contributed by atoms with Gasteiger partial charge < -0.3 is 35.3 Å². The number of carbonyl (C=O) groups is 1. The Hall–Kier alpha value is -5.74. The van der Waals surface area contributed by atoms with E-state index in [0.717, 1.165) is 47.9 Å². The summed E-state index contributed by atoms with van der Waals surface area (Å²) in [5.41, 5.74) is 3.42. The summed E-state index contributed by atoms with van der Waals surface area (Å²) in [6.07, 6.45) is 1.95. The first-order chi connectivity index (χ1) is 25.8. The predicted octanol–water partition coefficient (Wildman–Crippen LogP) is 7.49. The Bertz CT molecular complexity index is 2150. The number of carbonyl (C=O) groups excluding carboxylic acids is 1. The van der Waals surface area contributed by atoms with Crippen LogP contribution < -0.4 is 25.7 Å². The normalized spacial score (nSPS) is 12.9. The second-order valence-corrected chi connectivity index (χ2v) is 13.2. The van der Waals surface area contributed by atoms with Crippen molar-refractivity contribution in [2.75, 3.05) is 25.0 Å². The van der Waals surface area contributed by atoms with Crippen LogP contribution in [0.4, 0.5) is 5.69 Å². The minimum Gasteiger partial charge on any atom is -0.494 e. The van der Waals surface area contributed by atoms with E-state index in [1.807, 2.05) is 78.9 Å². The van der Waals surface area contributed by atoms with E-state index in [1.165, 1.54) is 6.07 Å². The molecule has 0 radical (unpaired) electrons. The van der Waals surface area contributed by atoms with Crippen LogP contribution in [0.2, 0.25) is 0 Å². The van der Waals surface area contributed by atoms with Gasteiger partial charge in [0.2, 0.25) is 5.56 Å². The molecule has 2 atom stereocenters. The van der Waals surface area contributed by atoms with Crippen molar-refractivity contribution in [3.05, 3.63) is 172 Å². The third-order valence-electron chi connectivity index (χ3n) is 9.23. The lowest BCUT2D eigenvalue weighted by atomic mass is 9.88. The van der Waals surface area contributed by atoms with Crippen molar-refractivity contribution in [1.82, 2.24) is 10.3 Å². The number of ether oxygens (including phenoxy) is 2. The van der Waals surface area contributed by atoms with E-state index in [-0.39, 0.29) is 11.5 Å². The van der Waals surface area contributed by atoms with Gasteiger partial charge in [0, 0.05) is 29.2 Å². The molecule has 0 aliphatic carbocycles. The molecule has 1 aromatic heterocycles. The summed E-state index contributed by atoms with van der Waals surface area (Å²) < 4.78 is 11.9. The summed E-state index contributed by atoms with van der Waals surface area (Å²) in [7, 11) is 0. The molecule has 5 N–H and O–H groups in total. The highest BCUT2D eigenvalue weighted by Crippen LogP contribution is 2.32. The Kier molecular flexibility index (Phi) is 12.3. The molecule has 272 valence electrons. The molecule has 0 aliphatic heterocycles. The van der Waals surface area contributed by atoms with E-state index in [0.29, 0.717) is 53.6 Å². The van der Waals surface area contributed by atoms with Crippen molar-refractivity contribution < 1.29 is 24.5 Å². The summed E-state index contributed by atoms with van der Waals surface area (Å²) in [5.74, 6) is 0.995. The minimum atomic E-state index is -1.20. The highest BCUT2D eigenvalue weighted by atomic mass is 16.5. The second-order valence-electron chi connectivity index (χ2n) is 13.2. The first-order valence-electron chi connectivity index (χ1n) is 17.9. The number of fused-ring (bicyclic) bond motifs is 1. The highest BCUT2D eigenvalue weighted by molar-refractivity contribution is 6.04.